The van der Waals surface area contributed by atoms with Crippen molar-refractivity contribution in [2.24, 2.45) is 0 Å². The largest absolute Gasteiger partial charge is 0.497 e. The highest BCUT2D eigenvalue weighted by atomic mass is 32.2. The molecule has 0 aliphatic rings. The van der Waals surface area contributed by atoms with E-state index in [2.05, 4.69) is 5.32 Å². The Hall–Kier alpha value is -3.85. The number of hydrogen-bond donors (Lipinski definition) is 1. The van der Waals surface area contributed by atoms with Crippen molar-refractivity contribution >= 4 is 27.5 Å². The molecule has 41 heavy (non-hydrogen) atoms. The van der Waals surface area contributed by atoms with Crippen LogP contribution >= 0.6 is 0 Å². The van der Waals surface area contributed by atoms with E-state index in [-0.39, 0.29) is 18.9 Å². The first kappa shape index (κ1) is 31.7. The normalized spacial score (nSPS) is 11.9. The number of carbonyl (C=O) groups is 2. The summed E-state index contributed by atoms with van der Waals surface area (Å²) in [7, 11) is -2.25. The fraction of sp³-hybridized carbons (Fsp3) is 0.375. The Morgan fingerprint density at radius 1 is 0.927 bits per heavy atom. The number of para-hydroxylation sites is 1. The molecule has 0 spiro atoms. The third kappa shape index (κ3) is 9.08. The maximum Gasteiger partial charge on any atom is 0.244 e. The molecule has 3 aromatic carbocycles. The van der Waals surface area contributed by atoms with Gasteiger partial charge in [-0.25, -0.2) is 8.42 Å². The summed E-state index contributed by atoms with van der Waals surface area (Å²) in [6.45, 7) is 4.13. The first-order valence-electron chi connectivity index (χ1n) is 14.0. The number of hydrogen-bond acceptors (Lipinski definition) is 5. The minimum Gasteiger partial charge on any atom is -0.497 e. The summed E-state index contributed by atoms with van der Waals surface area (Å²) in [6, 6.07) is 23.1. The van der Waals surface area contributed by atoms with Gasteiger partial charge in [0.15, 0.2) is 0 Å². The standard InChI is InChI=1S/C32H41N3O5S/c1-5-7-20-33-32(37)30(22-25-14-9-8-10-15-25)34(23-26-16-13-18-28(21-26)40-3)31(36)24-35(41(4,38)39)29-19-12-11-17-27(29)6-2/h8-19,21,30H,5-7,20,22-24H2,1-4H3,(H,33,37)/t30-/m0/s1. The summed E-state index contributed by atoms with van der Waals surface area (Å²) in [5.41, 5.74) is 2.92. The Labute approximate surface area is 244 Å². The molecule has 0 aliphatic carbocycles. The van der Waals surface area contributed by atoms with E-state index in [1.165, 1.54) is 4.90 Å². The number of nitrogens with one attached hydrogen (secondary N) is 1. The number of amides is 2. The third-order valence-corrected chi connectivity index (χ3v) is 8.03. The fourth-order valence-corrected chi connectivity index (χ4v) is 5.56. The smallest absolute Gasteiger partial charge is 0.244 e. The molecule has 220 valence electrons. The van der Waals surface area contributed by atoms with Gasteiger partial charge in [-0.1, -0.05) is 80.9 Å². The van der Waals surface area contributed by atoms with Gasteiger partial charge in [0.05, 0.1) is 19.1 Å². The fourth-order valence-electron chi connectivity index (χ4n) is 4.68. The number of methoxy groups -OCH3 is 1. The van der Waals surface area contributed by atoms with Gasteiger partial charge in [-0.3, -0.25) is 13.9 Å². The molecule has 2 amide bonds. The van der Waals surface area contributed by atoms with Crippen LogP contribution in [0.5, 0.6) is 5.75 Å². The highest BCUT2D eigenvalue weighted by Crippen LogP contribution is 2.25. The number of aryl methyl sites for hydroxylation is 1. The Bertz CT molecular complexity index is 1400. The van der Waals surface area contributed by atoms with E-state index in [1.54, 1.807) is 19.2 Å². The van der Waals surface area contributed by atoms with E-state index in [0.717, 1.165) is 40.1 Å². The lowest BCUT2D eigenvalue weighted by atomic mass is 10.0. The first-order valence-corrected chi connectivity index (χ1v) is 15.8. The molecule has 3 aromatic rings. The Morgan fingerprint density at radius 3 is 2.27 bits per heavy atom. The highest BCUT2D eigenvalue weighted by Gasteiger charge is 2.33. The molecule has 0 saturated heterocycles. The van der Waals surface area contributed by atoms with Crippen LogP contribution in [0.25, 0.3) is 0 Å². The maximum absolute atomic E-state index is 14.2. The third-order valence-electron chi connectivity index (χ3n) is 6.91. The molecule has 8 nitrogen and oxygen atoms in total. The number of ether oxygens (including phenoxy) is 1. The van der Waals surface area contributed by atoms with Crippen LogP contribution in [0.1, 0.15) is 43.4 Å². The van der Waals surface area contributed by atoms with Crippen molar-refractivity contribution in [1.82, 2.24) is 10.2 Å². The van der Waals surface area contributed by atoms with Crippen LogP contribution < -0.4 is 14.4 Å². The summed E-state index contributed by atoms with van der Waals surface area (Å²) in [5.74, 6) is -0.134. The number of nitrogens with zero attached hydrogens (tertiary/aromatic N) is 2. The van der Waals surface area contributed by atoms with Gasteiger partial charge in [0.2, 0.25) is 21.8 Å². The molecule has 0 aromatic heterocycles. The predicted octanol–water partition coefficient (Wildman–Crippen LogP) is 4.58. The highest BCUT2D eigenvalue weighted by molar-refractivity contribution is 7.92. The van der Waals surface area contributed by atoms with E-state index in [9.17, 15) is 18.0 Å². The Morgan fingerprint density at radius 2 is 1.61 bits per heavy atom. The lowest BCUT2D eigenvalue weighted by molar-refractivity contribution is -0.140. The second kappa shape index (κ2) is 15.2. The maximum atomic E-state index is 14.2. The van der Waals surface area contributed by atoms with Crippen LogP contribution in [0.2, 0.25) is 0 Å². The lowest BCUT2D eigenvalue weighted by Gasteiger charge is -2.34. The first-order chi connectivity index (χ1) is 19.7. The van der Waals surface area contributed by atoms with Gasteiger partial charge in [0.25, 0.3) is 0 Å². The lowest BCUT2D eigenvalue weighted by Crippen LogP contribution is -2.53. The zero-order chi connectivity index (χ0) is 29.8. The molecular formula is C32H41N3O5S. The predicted molar refractivity (Wildman–Crippen MR) is 163 cm³/mol. The zero-order valence-electron chi connectivity index (χ0n) is 24.4. The molecule has 0 aliphatic heterocycles. The van der Waals surface area contributed by atoms with E-state index in [4.69, 9.17) is 4.74 Å². The van der Waals surface area contributed by atoms with E-state index >= 15 is 0 Å². The van der Waals surface area contributed by atoms with Gasteiger partial charge in [0.1, 0.15) is 18.3 Å². The number of carbonyl (C=O) groups excluding carboxylic acids is 2. The molecule has 3 rings (SSSR count). The molecule has 0 radical (unpaired) electrons. The summed E-state index contributed by atoms with van der Waals surface area (Å²) in [6.07, 6.45) is 3.69. The molecule has 0 fully saturated rings. The minimum absolute atomic E-state index is 0.0990. The van der Waals surface area contributed by atoms with E-state index in [1.807, 2.05) is 80.6 Å². The van der Waals surface area contributed by atoms with Gasteiger partial charge >= 0.3 is 0 Å². The average molecular weight is 580 g/mol. The van der Waals surface area contributed by atoms with Crippen molar-refractivity contribution < 1.29 is 22.7 Å². The van der Waals surface area contributed by atoms with Gasteiger partial charge in [-0.15, -0.1) is 0 Å². The van der Waals surface area contributed by atoms with Crippen molar-refractivity contribution in [1.29, 1.82) is 0 Å². The van der Waals surface area contributed by atoms with Crippen LogP contribution in [-0.4, -0.2) is 57.6 Å². The van der Waals surface area contributed by atoms with Gasteiger partial charge < -0.3 is 15.0 Å². The monoisotopic (exact) mass is 579 g/mol. The molecule has 0 saturated carbocycles. The van der Waals surface area contributed by atoms with Crippen LogP contribution in [0.4, 0.5) is 5.69 Å². The van der Waals surface area contributed by atoms with Crippen molar-refractivity contribution in [2.45, 2.75) is 52.1 Å². The number of sulfonamides is 1. The van der Waals surface area contributed by atoms with Gasteiger partial charge in [0, 0.05) is 19.5 Å². The topological polar surface area (TPSA) is 96.0 Å². The minimum atomic E-state index is -3.82. The summed E-state index contributed by atoms with van der Waals surface area (Å²) >= 11 is 0. The molecule has 0 bridgehead atoms. The summed E-state index contributed by atoms with van der Waals surface area (Å²) in [4.78, 5) is 29.4. The van der Waals surface area contributed by atoms with Crippen LogP contribution in [0.3, 0.4) is 0 Å². The van der Waals surface area contributed by atoms with Crippen LogP contribution in [-0.2, 0) is 39.0 Å². The molecule has 1 atom stereocenters. The number of benzene rings is 3. The molecule has 1 N–H and O–H groups in total. The van der Waals surface area contributed by atoms with Crippen molar-refractivity contribution in [3.63, 3.8) is 0 Å². The quantitative estimate of drug-likeness (QED) is 0.266. The zero-order valence-corrected chi connectivity index (χ0v) is 25.2. The van der Waals surface area contributed by atoms with E-state index < -0.39 is 28.5 Å². The SMILES string of the molecule is CCCCNC(=O)[C@H](Cc1ccccc1)N(Cc1cccc(OC)c1)C(=O)CN(c1ccccc1CC)S(C)(=O)=O. The number of rotatable bonds is 15. The molecule has 0 unspecified atom stereocenters. The summed E-state index contributed by atoms with van der Waals surface area (Å²) < 4.78 is 32.6. The summed E-state index contributed by atoms with van der Waals surface area (Å²) in [5, 5.41) is 2.99. The number of anilines is 1. The van der Waals surface area contributed by atoms with E-state index in [0.29, 0.717) is 24.4 Å². The second-order valence-electron chi connectivity index (χ2n) is 9.98. The molecular weight excluding hydrogens is 538 g/mol. The molecule has 9 heteroatoms. The van der Waals surface area contributed by atoms with Gasteiger partial charge in [-0.05, 0) is 47.7 Å². The molecule has 0 heterocycles. The van der Waals surface area contributed by atoms with Crippen molar-refractivity contribution in [2.75, 3.05) is 30.8 Å². The van der Waals surface area contributed by atoms with Crippen molar-refractivity contribution in [3.8, 4) is 5.75 Å². The number of unbranched alkanes of at least 4 members (excludes halogenated alkanes) is 1. The Balaban J connectivity index is 2.07. The van der Waals surface area contributed by atoms with Crippen LogP contribution in [0, 0.1) is 0 Å². The Kier molecular flexibility index (Phi) is 11.8. The van der Waals surface area contributed by atoms with Crippen LogP contribution in [0.15, 0.2) is 78.9 Å². The van der Waals surface area contributed by atoms with Crippen molar-refractivity contribution in [3.05, 3.63) is 95.6 Å². The van der Waals surface area contributed by atoms with Gasteiger partial charge in [-0.2, -0.15) is 0 Å². The second-order valence-corrected chi connectivity index (χ2v) is 11.9. The average Bonchev–Trinajstić information content (AvgIpc) is 2.97.